The summed E-state index contributed by atoms with van der Waals surface area (Å²) >= 11 is 1.85. The first-order valence-corrected chi connectivity index (χ1v) is 6.49. The summed E-state index contributed by atoms with van der Waals surface area (Å²) in [5.74, 6) is 1.51. The number of nitro groups is 1. The Kier molecular flexibility index (Phi) is 3.51. The van der Waals surface area contributed by atoms with Crippen LogP contribution in [0, 0.1) is 15.9 Å². The Bertz CT molecular complexity index is 435. The predicted molar refractivity (Wildman–Crippen MR) is 67.2 cm³/mol. The minimum Gasteiger partial charge on any atom is -0.370 e. The number of benzene rings is 1. The van der Waals surface area contributed by atoms with Gasteiger partial charge in [-0.05, 0) is 18.2 Å². The number of nitro benzene ring substituents is 1. The zero-order chi connectivity index (χ0) is 12.4. The van der Waals surface area contributed by atoms with Crippen molar-refractivity contribution in [1.29, 1.82) is 0 Å². The van der Waals surface area contributed by atoms with Gasteiger partial charge in [0.25, 0.3) is 5.69 Å². The van der Waals surface area contributed by atoms with E-state index in [1.165, 1.54) is 12.1 Å². The molecule has 0 radical (unpaired) electrons. The molecule has 6 heteroatoms. The Morgan fingerprint density at radius 2 is 2.29 bits per heavy atom. The lowest BCUT2D eigenvalue weighted by Gasteiger charge is -2.25. The van der Waals surface area contributed by atoms with Crippen molar-refractivity contribution in [3.05, 3.63) is 34.1 Å². The largest absolute Gasteiger partial charge is 0.370 e. The lowest BCUT2D eigenvalue weighted by molar-refractivity contribution is -0.385. The smallest absolute Gasteiger partial charge is 0.274 e. The molecule has 4 nitrogen and oxygen atoms in total. The van der Waals surface area contributed by atoms with Gasteiger partial charge in [-0.3, -0.25) is 10.1 Å². The van der Waals surface area contributed by atoms with Crippen molar-refractivity contribution in [3.8, 4) is 0 Å². The summed E-state index contributed by atoms with van der Waals surface area (Å²) in [6.07, 6.45) is 1.03. The number of hydrogen-bond donors (Lipinski definition) is 0. The molecule has 0 N–H and O–H groups in total. The van der Waals surface area contributed by atoms with Crippen molar-refractivity contribution in [3.63, 3.8) is 0 Å². The molecule has 1 aromatic rings. The highest BCUT2D eigenvalue weighted by Gasteiger charge is 2.22. The molecule has 1 fully saturated rings. The highest BCUT2D eigenvalue weighted by molar-refractivity contribution is 7.99. The number of thioether (sulfide) groups is 1. The van der Waals surface area contributed by atoms with Crippen molar-refractivity contribution in [2.75, 3.05) is 23.5 Å². The summed E-state index contributed by atoms with van der Waals surface area (Å²) in [7, 11) is 1.86. The molecule has 1 aliphatic heterocycles. The maximum absolute atomic E-state index is 13.3. The average molecular weight is 256 g/mol. The number of non-ortho nitro benzene ring substituents is 1. The number of nitrogens with zero attached hydrogens (tertiary/aromatic N) is 2. The summed E-state index contributed by atoms with van der Waals surface area (Å²) in [5.41, 5.74) is 0.377. The lowest BCUT2D eigenvalue weighted by atomic mass is 10.2. The summed E-state index contributed by atoms with van der Waals surface area (Å²) in [5, 5.41) is 10.7. The van der Waals surface area contributed by atoms with E-state index >= 15 is 0 Å². The fourth-order valence-corrected chi connectivity index (χ4v) is 3.17. The first kappa shape index (κ1) is 12.2. The SMILES string of the molecule is CN(c1cc(F)cc([N+](=O)[O-])c1)C1CCSC1. The van der Waals surface area contributed by atoms with Crippen molar-refractivity contribution >= 4 is 23.1 Å². The molecule has 0 bridgehead atoms. The first-order chi connectivity index (χ1) is 8.08. The van der Waals surface area contributed by atoms with Crippen LogP contribution in [0.5, 0.6) is 0 Å². The Morgan fingerprint density at radius 3 is 2.88 bits per heavy atom. The molecule has 0 aromatic heterocycles. The minimum absolute atomic E-state index is 0.197. The van der Waals surface area contributed by atoms with E-state index in [1.54, 1.807) is 0 Å². The minimum atomic E-state index is -0.566. The summed E-state index contributed by atoms with van der Waals surface area (Å²) < 4.78 is 13.3. The number of halogens is 1. The van der Waals surface area contributed by atoms with E-state index in [1.807, 2.05) is 23.7 Å². The Balaban J connectivity index is 2.27. The third-order valence-corrected chi connectivity index (χ3v) is 4.08. The third-order valence-electron chi connectivity index (χ3n) is 2.94. The second-order valence-corrected chi connectivity index (χ2v) is 5.20. The molecule has 0 saturated carbocycles. The van der Waals surface area contributed by atoms with Gasteiger partial charge in [0.1, 0.15) is 5.82 Å². The van der Waals surface area contributed by atoms with E-state index in [0.29, 0.717) is 11.7 Å². The highest BCUT2D eigenvalue weighted by atomic mass is 32.2. The van der Waals surface area contributed by atoms with Crippen LogP contribution in [0.1, 0.15) is 6.42 Å². The van der Waals surface area contributed by atoms with Crippen LogP contribution in [-0.4, -0.2) is 29.5 Å². The highest BCUT2D eigenvalue weighted by Crippen LogP contribution is 2.28. The fourth-order valence-electron chi connectivity index (χ4n) is 1.91. The number of hydrogen-bond acceptors (Lipinski definition) is 4. The van der Waals surface area contributed by atoms with Crippen LogP contribution in [0.25, 0.3) is 0 Å². The number of rotatable bonds is 3. The number of anilines is 1. The van der Waals surface area contributed by atoms with Crippen molar-refractivity contribution < 1.29 is 9.31 Å². The molecule has 1 unspecified atom stereocenters. The zero-order valence-electron chi connectivity index (χ0n) is 9.43. The summed E-state index contributed by atoms with van der Waals surface area (Å²) in [4.78, 5) is 12.0. The van der Waals surface area contributed by atoms with Gasteiger partial charge in [-0.2, -0.15) is 11.8 Å². The topological polar surface area (TPSA) is 46.4 Å². The van der Waals surface area contributed by atoms with Gasteiger partial charge in [-0.25, -0.2) is 4.39 Å². The van der Waals surface area contributed by atoms with Gasteiger partial charge in [0.2, 0.25) is 0 Å². The Labute approximate surface area is 103 Å². The van der Waals surface area contributed by atoms with Crippen molar-refractivity contribution in [2.45, 2.75) is 12.5 Å². The van der Waals surface area contributed by atoms with E-state index < -0.39 is 10.7 Å². The Morgan fingerprint density at radius 1 is 1.53 bits per heavy atom. The van der Waals surface area contributed by atoms with Crippen LogP contribution < -0.4 is 4.90 Å². The van der Waals surface area contributed by atoms with Crippen LogP contribution in [-0.2, 0) is 0 Å². The van der Waals surface area contributed by atoms with E-state index in [2.05, 4.69) is 0 Å². The van der Waals surface area contributed by atoms with Crippen molar-refractivity contribution in [1.82, 2.24) is 0 Å². The average Bonchev–Trinajstić information content (AvgIpc) is 2.80. The first-order valence-electron chi connectivity index (χ1n) is 5.33. The normalized spacial score (nSPS) is 19.3. The molecule has 1 saturated heterocycles. The molecular weight excluding hydrogens is 243 g/mol. The molecular formula is C11H13FN2O2S. The van der Waals surface area contributed by atoms with Gasteiger partial charge in [0.15, 0.2) is 0 Å². The molecule has 0 spiro atoms. The third kappa shape index (κ3) is 2.69. The molecule has 17 heavy (non-hydrogen) atoms. The lowest BCUT2D eigenvalue weighted by Crippen LogP contribution is -2.31. The molecule has 2 rings (SSSR count). The van der Waals surface area contributed by atoms with Gasteiger partial charge in [0.05, 0.1) is 11.0 Å². The van der Waals surface area contributed by atoms with Gasteiger partial charge in [-0.15, -0.1) is 0 Å². The van der Waals surface area contributed by atoms with E-state index in [9.17, 15) is 14.5 Å². The van der Waals surface area contributed by atoms with Gasteiger partial charge >= 0.3 is 0 Å². The molecule has 1 aromatic carbocycles. The second-order valence-electron chi connectivity index (χ2n) is 4.05. The molecule has 1 heterocycles. The van der Waals surface area contributed by atoms with Crippen LogP contribution >= 0.6 is 11.8 Å². The van der Waals surface area contributed by atoms with Crippen LogP contribution in [0.15, 0.2) is 18.2 Å². The van der Waals surface area contributed by atoms with Gasteiger partial charge < -0.3 is 4.90 Å². The summed E-state index contributed by atoms with van der Waals surface area (Å²) in [6, 6.07) is 4.05. The van der Waals surface area contributed by atoms with E-state index in [-0.39, 0.29) is 5.69 Å². The second kappa shape index (κ2) is 4.91. The molecule has 1 atom stereocenters. The predicted octanol–water partition coefficient (Wildman–Crippen LogP) is 2.68. The maximum atomic E-state index is 13.3. The molecule has 1 aliphatic rings. The van der Waals surface area contributed by atoms with E-state index in [0.717, 1.165) is 24.0 Å². The van der Waals surface area contributed by atoms with Gasteiger partial charge in [0, 0.05) is 30.6 Å². The van der Waals surface area contributed by atoms with Gasteiger partial charge in [-0.1, -0.05) is 0 Å². The Hall–Kier alpha value is -1.30. The van der Waals surface area contributed by atoms with Crippen molar-refractivity contribution in [2.24, 2.45) is 0 Å². The zero-order valence-corrected chi connectivity index (χ0v) is 10.2. The molecule has 0 amide bonds. The maximum Gasteiger partial charge on any atom is 0.274 e. The van der Waals surface area contributed by atoms with Crippen LogP contribution in [0.2, 0.25) is 0 Å². The van der Waals surface area contributed by atoms with Crippen LogP contribution in [0.4, 0.5) is 15.8 Å². The quantitative estimate of drug-likeness (QED) is 0.616. The summed E-state index contributed by atoms with van der Waals surface area (Å²) in [6.45, 7) is 0. The molecule has 92 valence electrons. The monoisotopic (exact) mass is 256 g/mol. The van der Waals surface area contributed by atoms with E-state index in [4.69, 9.17) is 0 Å². The fraction of sp³-hybridized carbons (Fsp3) is 0.455. The van der Waals surface area contributed by atoms with Crippen LogP contribution in [0.3, 0.4) is 0 Å². The standard InChI is InChI=1S/C11H13FN2O2S/c1-13(9-2-3-17-7-9)10-4-8(12)5-11(6-10)14(15)16/h4-6,9H,2-3,7H2,1H3. The molecule has 0 aliphatic carbocycles.